The van der Waals surface area contributed by atoms with Gasteiger partial charge in [0.15, 0.2) is 6.61 Å². The lowest BCUT2D eigenvalue weighted by atomic mass is 10.1. The quantitative estimate of drug-likeness (QED) is 0.331. The van der Waals surface area contributed by atoms with Crippen LogP contribution in [-0.4, -0.2) is 15.4 Å². The molecule has 0 unspecified atom stereocenters. The molecule has 0 bridgehead atoms. The molecule has 0 saturated carbocycles. The van der Waals surface area contributed by atoms with Gasteiger partial charge < -0.3 is 18.1 Å². The first-order valence-corrected chi connectivity index (χ1v) is 10.1. The van der Waals surface area contributed by atoms with Crippen molar-refractivity contribution >= 4 is 22.6 Å². The van der Waals surface area contributed by atoms with Gasteiger partial charge >= 0.3 is 5.63 Å². The summed E-state index contributed by atoms with van der Waals surface area (Å²) >= 11 is 6.34. The van der Waals surface area contributed by atoms with E-state index in [1.807, 2.05) is 37.3 Å². The van der Waals surface area contributed by atoms with Gasteiger partial charge in [-0.1, -0.05) is 47.1 Å². The molecular formula is C23H16ClN3O5. The van der Waals surface area contributed by atoms with Crippen LogP contribution >= 0.6 is 11.6 Å². The first-order chi connectivity index (χ1) is 15.5. The predicted molar refractivity (Wildman–Crippen MR) is 117 cm³/mol. The van der Waals surface area contributed by atoms with E-state index in [9.17, 15) is 4.79 Å². The summed E-state index contributed by atoms with van der Waals surface area (Å²) < 4.78 is 22.2. The zero-order valence-electron chi connectivity index (χ0n) is 17.1. The molecule has 0 aliphatic rings. The highest BCUT2D eigenvalue weighted by atomic mass is 35.5. The molecule has 5 rings (SSSR count). The van der Waals surface area contributed by atoms with Crippen LogP contribution in [0.1, 0.15) is 17.2 Å². The average Bonchev–Trinajstić information content (AvgIpc) is 3.39. The Morgan fingerprint density at radius 2 is 1.84 bits per heavy atom. The van der Waals surface area contributed by atoms with Crippen molar-refractivity contribution in [3.8, 4) is 28.5 Å². The van der Waals surface area contributed by atoms with E-state index in [4.69, 9.17) is 29.7 Å². The molecule has 0 N–H and O–H groups in total. The molecule has 32 heavy (non-hydrogen) atoms. The second kappa shape index (κ2) is 7.97. The SMILES string of the molecule is Cc1onc(-c2ccccc2)c1-c1nnc(COc2cc3oc(=O)cc(C)c3cc2Cl)o1. The van der Waals surface area contributed by atoms with Crippen molar-refractivity contribution in [3.05, 3.63) is 81.2 Å². The van der Waals surface area contributed by atoms with Gasteiger partial charge in [0, 0.05) is 23.1 Å². The van der Waals surface area contributed by atoms with E-state index in [2.05, 4.69) is 15.4 Å². The standard InChI is InChI=1S/C23H16ClN3O5/c1-12-8-20(28)30-17-10-18(16(24)9-15(12)17)29-11-19-25-26-23(31-19)21-13(2)32-27-22(21)14-6-4-3-5-7-14/h3-10H,11H2,1-2H3. The normalized spacial score (nSPS) is 11.2. The van der Waals surface area contributed by atoms with Crippen LogP contribution in [0.3, 0.4) is 0 Å². The van der Waals surface area contributed by atoms with E-state index in [-0.39, 0.29) is 18.4 Å². The van der Waals surface area contributed by atoms with E-state index < -0.39 is 5.63 Å². The van der Waals surface area contributed by atoms with Crippen molar-refractivity contribution in [2.45, 2.75) is 20.5 Å². The first kappa shape index (κ1) is 20.0. The molecule has 0 fully saturated rings. The maximum Gasteiger partial charge on any atom is 0.336 e. The third-order valence-corrected chi connectivity index (χ3v) is 5.24. The summed E-state index contributed by atoms with van der Waals surface area (Å²) in [7, 11) is 0. The van der Waals surface area contributed by atoms with Crippen molar-refractivity contribution in [2.75, 3.05) is 0 Å². The molecule has 8 nitrogen and oxygen atoms in total. The van der Waals surface area contributed by atoms with E-state index in [1.165, 1.54) is 6.07 Å². The number of ether oxygens (including phenoxy) is 1. The number of aryl methyl sites for hydroxylation is 2. The van der Waals surface area contributed by atoms with Crippen LogP contribution in [-0.2, 0) is 6.61 Å². The third kappa shape index (κ3) is 3.65. The lowest BCUT2D eigenvalue weighted by molar-refractivity contribution is 0.264. The number of aromatic nitrogens is 3. The summed E-state index contributed by atoms with van der Waals surface area (Å²) in [5.41, 5.74) is 2.81. The monoisotopic (exact) mass is 449 g/mol. The molecule has 0 amide bonds. The highest BCUT2D eigenvalue weighted by molar-refractivity contribution is 6.32. The van der Waals surface area contributed by atoms with Crippen LogP contribution in [0.25, 0.3) is 33.7 Å². The van der Waals surface area contributed by atoms with Gasteiger partial charge in [0.25, 0.3) is 11.8 Å². The topological polar surface area (TPSA) is 104 Å². The van der Waals surface area contributed by atoms with Crippen LogP contribution in [0.15, 0.2) is 66.7 Å². The second-order valence-electron chi connectivity index (χ2n) is 7.15. The van der Waals surface area contributed by atoms with Gasteiger partial charge in [0.05, 0.1) is 5.02 Å². The van der Waals surface area contributed by atoms with Gasteiger partial charge in [-0.05, 0) is 25.5 Å². The van der Waals surface area contributed by atoms with Gasteiger partial charge in [-0.2, -0.15) is 0 Å². The van der Waals surface area contributed by atoms with Gasteiger partial charge in [-0.3, -0.25) is 0 Å². The molecule has 0 spiro atoms. The van der Waals surface area contributed by atoms with Gasteiger partial charge in [-0.15, -0.1) is 10.2 Å². The molecular weight excluding hydrogens is 434 g/mol. The minimum absolute atomic E-state index is 0.0285. The molecule has 0 atom stereocenters. The largest absolute Gasteiger partial charge is 0.482 e. The van der Waals surface area contributed by atoms with Crippen LogP contribution in [0.5, 0.6) is 5.75 Å². The molecule has 2 aromatic carbocycles. The molecule has 0 aliphatic heterocycles. The lowest BCUT2D eigenvalue weighted by Crippen LogP contribution is -2.00. The van der Waals surface area contributed by atoms with Gasteiger partial charge in [0.2, 0.25) is 0 Å². The Hall–Kier alpha value is -3.91. The zero-order valence-corrected chi connectivity index (χ0v) is 17.8. The van der Waals surface area contributed by atoms with Crippen molar-refractivity contribution in [1.82, 2.24) is 15.4 Å². The van der Waals surface area contributed by atoms with Gasteiger partial charge in [-0.25, -0.2) is 4.79 Å². The summed E-state index contributed by atoms with van der Waals surface area (Å²) in [4.78, 5) is 11.7. The average molecular weight is 450 g/mol. The Morgan fingerprint density at radius 1 is 1.03 bits per heavy atom. The van der Waals surface area contributed by atoms with Gasteiger partial charge in [0.1, 0.15) is 28.4 Å². The Bertz CT molecular complexity index is 1490. The highest BCUT2D eigenvalue weighted by Crippen LogP contribution is 2.34. The summed E-state index contributed by atoms with van der Waals surface area (Å²) in [5, 5.41) is 13.4. The van der Waals surface area contributed by atoms with Crippen molar-refractivity contribution in [1.29, 1.82) is 0 Å². The summed E-state index contributed by atoms with van der Waals surface area (Å²) in [6.07, 6.45) is 0. The second-order valence-corrected chi connectivity index (χ2v) is 7.55. The fourth-order valence-corrected chi connectivity index (χ4v) is 3.62. The van der Waals surface area contributed by atoms with Crippen LogP contribution < -0.4 is 10.4 Å². The van der Waals surface area contributed by atoms with E-state index in [1.54, 1.807) is 19.1 Å². The Kier molecular flexibility index (Phi) is 4.99. The maximum atomic E-state index is 11.7. The fourth-order valence-electron chi connectivity index (χ4n) is 3.40. The number of hydrogen-bond donors (Lipinski definition) is 0. The van der Waals surface area contributed by atoms with Crippen molar-refractivity contribution < 1.29 is 18.1 Å². The molecule has 160 valence electrons. The zero-order chi connectivity index (χ0) is 22.2. The molecule has 0 aliphatic carbocycles. The lowest BCUT2D eigenvalue weighted by Gasteiger charge is -2.08. The Labute approximate surface area is 186 Å². The first-order valence-electron chi connectivity index (χ1n) is 9.71. The molecule has 0 saturated heterocycles. The molecule has 9 heteroatoms. The number of fused-ring (bicyclic) bond motifs is 1. The minimum atomic E-state index is -0.442. The minimum Gasteiger partial charge on any atom is -0.482 e. The van der Waals surface area contributed by atoms with Crippen molar-refractivity contribution in [3.63, 3.8) is 0 Å². The predicted octanol–water partition coefficient (Wildman–Crippen LogP) is 5.35. The maximum absolute atomic E-state index is 11.7. The summed E-state index contributed by atoms with van der Waals surface area (Å²) in [6.45, 7) is 3.56. The number of nitrogens with zero attached hydrogens (tertiary/aromatic N) is 3. The Morgan fingerprint density at radius 3 is 2.66 bits per heavy atom. The smallest absolute Gasteiger partial charge is 0.336 e. The molecule has 3 heterocycles. The summed E-state index contributed by atoms with van der Waals surface area (Å²) in [5.74, 6) is 1.40. The Balaban J connectivity index is 1.41. The fraction of sp³-hybridized carbons (Fsp3) is 0.130. The number of rotatable bonds is 5. The third-order valence-electron chi connectivity index (χ3n) is 4.95. The number of benzene rings is 2. The van der Waals surface area contributed by atoms with Crippen LogP contribution in [0, 0.1) is 13.8 Å². The number of halogens is 1. The molecule has 3 aromatic heterocycles. The van der Waals surface area contributed by atoms with Crippen LogP contribution in [0.2, 0.25) is 5.02 Å². The molecule has 5 aromatic rings. The van der Waals surface area contributed by atoms with E-state index in [0.717, 1.165) is 16.5 Å². The van der Waals surface area contributed by atoms with Crippen molar-refractivity contribution in [2.24, 2.45) is 0 Å². The van der Waals surface area contributed by atoms with E-state index >= 15 is 0 Å². The van der Waals surface area contributed by atoms with Crippen LogP contribution in [0.4, 0.5) is 0 Å². The number of hydrogen-bond acceptors (Lipinski definition) is 8. The van der Waals surface area contributed by atoms with E-state index in [0.29, 0.717) is 33.4 Å². The highest BCUT2D eigenvalue weighted by Gasteiger charge is 2.22. The molecule has 0 radical (unpaired) electrons. The summed E-state index contributed by atoms with van der Waals surface area (Å²) in [6, 6.07) is 14.3.